The van der Waals surface area contributed by atoms with Crippen LogP contribution in [0.2, 0.25) is 0 Å². The summed E-state index contributed by atoms with van der Waals surface area (Å²) in [6, 6.07) is -0.482. The first kappa shape index (κ1) is 15.2. The standard InChI is InChI=1S/C10H20N2O3S/c1-5-11-10(15)12-9(14)8(4)16-7(3)6(2)13/h6-8,13H,5H2,1-4H3,(H2,11,12,14,15). The molecule has 0 aromatic rings. The Morgan fingerprint density at radius 2 is 1.88 bits per heavy atom. The van der Waals surface area contributed by atoms with Crippen molar-refractivity contribution in [3.63, 3.8) is 0 Å². The van der Waals surface area contributed by atoms with Gasteiger partial charge in [-0.05, 0) is 20.8 Å². The lowest BCUT2D eigenvalue weighted by Crippen LogP contribution is -2.43. The second-order valence-corrected chi connectivity index (χ2v) is 5.30. The Kier molecular flexibility index (Phi) is 7.16. The number of carbonyl (C=O) groups excluding carboxylic acids is 2. The summed E-state index contributed by atoms with van der Waals surface area (Å²) >= 11 is 1.33. The maximum atomic E-state index is 11.5. The van der Waals surface area contributed by atoms with E-state index < -0.39 is 12.1 Å². The molecule has 3 N–H and O–H groups in total. The third-order valence-electron chi connectivity index (χ3n) is 2.04. The van der Waals surface area contributed by atoms with E-state index in [1.807, 2.05) is 6.92 Å². The average Bonchev–Trinajstić information content (AvgIpc) is 2.17. The molecule has 0 aromatic heterocycles. The number of imide groups is 1. The molecule has 0 fully saturated rings. The molecule has 0 aliphatic carbocycles. The van der Waals surface area contributed by atoms with Crippen LogP contribution in [0.5, 0.6) is 0 Å². The van der Waals surface area contributed by atoms with Crippen molar-refractivity contribution in [1.82, 2.24) is 10.6 Å². The van der Waals surface area contributed by atoms with Gasteiger partial charge in [0.25, 0.3) is 0 Å². The van der Waals surface area contributed by atoms with Gasteiger partial charge in [0, 0.05) is 11.8 Å². The van der Waals surface area contributed by atoms with Crippen LogP contribution >= 0.6 is 11.8 Å². The Labute approximate surface area is 100 Å². The zero-order chi connectivity index (χ0) is 12.7. The van der Waals surface area contributed by atoms with Crippen molar-refractivity contribution in [2.45, 2.75) is 44.3 Å². The number of hydrogen-bond acceptors (Lipinski definition) is 4. The van der Waals surface area contributed by atoms with Crippen LogP contribution in [-0.4, -0.2) is 40.2 Å². The van der Waals surface area contributed by atoms with Crippen LogP contribution in [0.25, 0.3) is 0 Å². The fraction of sp³-hybridized carbons (Fsp3) is 0.800. The Hall–Kier alpha value is -0.750. The van der Waals surface area contributed by atoms with Crippen LogP contribution in [0.1, 0.15) is 27.7 Å². The summed E-state index contributed by atoms with van der Waals surface area (Å²) in [6.45, 7) is 7.47. The van der Waals surface area contributed by atoms with Gasteiger partial charge in [0.1, 0.15) is 0 Å². The molecule has 0 radical (unpaired) electrons. The first-order chi connectivity index (χ1) is 7.38. The number of rotatable bonds is 5. The highest BCUT2D eigenvalue weighted by atomic mass is 32.2. The van der Waals surface area contributed by atoms with Gasteiger partial charge in [-0.2, -0.15) is 0 Å². The second-order valence-electron chi connectivity index (χ2n) is 3.57. The van der Waals surface area contributed by atoms with Crippen molar-refractivity contribution in [3.05, 3.63) is 0 Å². The van der Waals surface area contributed by atoms with Crippen LogP contribution < -0.4 is 10.6 Å². The number of aliphatic hydroxyl groups is 1. The summed E-state index contributed by atoms with van der Waals surface area (Å²) < 4.78 is 0. The van der Waals surface area contributed by atoms with E-state index in [-0.39, 0.29) is 16.4 Å². The molecule has 0 aromatic carbocycles. The molecule has 0 aliphatic heterocycles. The Morgan fingerprint density at radius 1 is 1.31 bits per heavy atom. The summed E-state index contributed by atoms with van der Waals surface area (Å²) in [7, 11) is 0. The molecule has 94 valence electrons. The van der Waals surface area contributed by atoms with E-state index in [0.29, 0.717) is 6.54 Å². The van der Waals surface area contributed by atoms with Gasteiger partial charge in [-0.1, -0.05) is 6.92 Å². The van der Waals surface area contributed by atoms with Gasteiger partial charge < -0.3 is 10.4 Å². The molecule has 0 rings (SSSR count). The van der Waals surface area contributed by atoms with Gasteiger partial charge in [0.15, 0.2) is 0 Å². The van der Waals surface area contributed by atoms with Crippen molar-refractivity contribution < 1.29 is 14.7 Å². The molecule has 3 amide bonds. The summed E-state index contributed by atoms with van der Waals surface area (Å²) in [4.78, 5) is 22.6. The van der Waals surface area contributed by atoms with Gasteiger partial charge in [0.2, 0.25) is 5.91 Å². The van der Waals surface area contributed by atoms with Crippen LogP contribution in [0.3, 0.4) is 0 Å². The number of aliphatic hydroxyl groups excluding tert-OH is 1. The van der Waals surface area contributed by atoms with Gasteiger partial charge in [0.05, 0.1) is 11.4 Å². The molecule has 0 heterocycles. The number of thioether (sulfide) groups is 1. The van der Waals surface area contributed by atoms with Gasteiger partial charge >= 0.3 is 6.03 Å². The molecule has 0 aliphatic rings. The third kappa shape index (κ3) is 5.97. The number of nitrogens with one attached hydrogen (secondary N) is 2. The minimum absolute atomic E-state index is 0.0463. The summed E-state index contributed by atoms with van der Waals surface area (Å²) in [5.41, 5.74) is 0. The molecule has 3 unspecified atom stereocenters. The lowest BCUT2D eigenvalue weighted by molar-refractivity contribution is -0.119. The highest BCUT2D eigenvalue weighted by Gasteiger charge is 2.20. The number of amides is 3. The van der Waals surface area contributed by atoms with E-state index in [9.17, 15) is 14.7 Å². The van der Waals surface area contributed by atoms with Crippen LogP contribution in [-0.2, 0) is 4.79 Å². The Bertz CT molecular complexity index is 246. The largest absolute Gasteiger partial charge is 0.392 e. The number of carbonyl (C=O) groups is 2. The van der Waals surface area contributed by atoms with Crippen LogP contribution in [0.4, 0.5) is 4.79 Å². The van der Waals surface area contributed by atoms with Crippen molar-refractivity contribution in [1.29, 1.82) is 0 Å². The minimum Gasteiger partial charge on any atom is -0.392 e. The molecule has 0 bridgehead atoms. The Morgan fingerprint density at radius 3 is 2.31 bits per heavy atom. The molecule has 0 saturated heterocycles. The minimum atomic E-state index is -0.482. The molecule has 5 nitrogen and oxygen atoms in total. The van der Waals surface area contributed by atoms with Crippen LogP contribution in [0, 0.1) is 0 Å². The maximum Gasteiger partial charge on any atom is 0.321 e. The topological polar surface area (TPSA) is 78.4 Å². The summed E-state index contributed by atoms with van der Waals surface area (Å²) in [5, 5.41) is 13.6. The monoisotopic (exact) mass is 248 g/mol. The van der Waals surface area contributed by atoms with E-state index in [4.69, 9.17) is 0 Å². The van der Waals surface area contributed by atoms with E-state index in [2.05, 4.69) is 10.6 Å². The van der Waals surface area contributed by atoms with E-state index in [1.165, 1.54) is 11.8 Å². The first-order valence-electron chi connectivity index (χ1n) is 5.30. The molecule has 6 heteroatoms. The maximum absolute atomic E-state index is 11.5. The van der Waals surface area contributed by atoms with E-state index in [1.54, 1.807) is 20.8 Å². The fourth-order valence-electron chi connectivity index (χ4n) is 0.916. The van der Waals surface area contributed by atoms with Crippen molar-refractivity contribution in [2.75, 3.05) is 6.54 Å². The quantitative estimate of drug-likeness (QED) is 0.670. The highest BCUT2D eigenvalue weighted by molar-refractivity contribution is 8.01. The zero-order valence-corrected chi connectivity index (χ0v) is 10.9. The van der Waals surface area contributed by atoms with E-state index >= 15 is 0 Å². The highest BCUT2D eigenvalue weighted by Crippen LogP contribution is 2.20. The lowest BCUT2D eigenvalue weighted by atomic mass is 10.3. The molecule has 0 saturated carbocycles. The molecule has 16 heavy (non-hydrogen) atoms. The fourth-order valence-corrected chi connectivity index (χ4v) is 1.97. The van der Waals surface area contributed by atoms with Gasteiger partial charge in [-0.3, -0.25) is 10.1 Å². The Balaban J connectivity index is 4.04. The molecule has 3 atom stereocenters. The zero-order valence-electron chi connectivity index (χ0n) is 10.1. The third-order valence-corrected chi connectivity index (χ3v) is 3.49. The van der Waals surface area contributed by atoms with Gasteiger partial charge in [-0.15, -0.1) is 11.8 Å². The van der Waals surface area contributed by atoms with E-state index in [0.717, 1.165) is 0 Å². The van der Waals surface area contributed by atoms with Crippen molar-refractivity contribution in [2.24, 2.45) is 0 Å². The predicted octanol–water partition coefficient (Wildman–Crippen LogP) is 0.723. The number of urea groups is 1. The SMILES string of the molecule is CCNC(=O)NC(=O)C(C)SC(C)C(C)O. The van der Waals surface area contributed by atoms with Crippen molar-refractivity contribution in [3.8, 4) is 0 Å². The molecular weight excluding hydrogens is 228 g/mol. The number of hydrogen-bond donors (Lipinski definition) is 3. The van der Waals surface area contributed by atoms with Crippen molar-refractivity contribution >= 4 is 23.7 Å². The smallest absolute Gasteiger partial charge is 0.321 e. The first-order valence-corrected chi connectivity index (χ1v) is 6.25. The average molecular weight is 248 g/mol. The normalized spacial score (nSPS) is 16.1. The molecule has 0 spiro atoms. The summed E-state index contributed by atoms with van der Waals surface area (Å²) in [5.74, 6) is -0.344. The lowest BCUT2D eigenvalue weighted by Gasteiger charge is -2.18. The van der Waals surface area contributed by atoms with Gasteiger partial charge in [-0.25, -0.2) is 4.79 Å². The molecular formula is C10H20N2O3S. The predicted molar refractivity (Wildman–Crippen MR) is 65.4 cm³/mol. The summed E-state index contributed by atoms with van der Waals surface area (Å²) in [6.07, 6.45) is -0.482. The van der Waals surface area contributed by atoms with Crippen LogP contribution in [0.15, 0.2) is 0 Å². The second kappa shape index (κ2) is 7.51.